The first-order chi connectivity index (χ1) is 30.2. The number of nitrogens with one attached hydrogen (secondary N) is 2. The lowest BCUT2D eigenvalue weighted by Gasteiger charge is -2.50. The van der Waals surface area contributed by atoms with Crippen molar-refractivity contribution < 1.29 is 28.7 Å². The molecule has 3 fully saturated rings. The van der Waals surface area contributed by atoms with Crippen molar-refractivity contribution in [1.82, 2.24) is 45.0 Å². The summed E-state index contributed by atoms with van der Waals surface area (Å²) in [6.07, 6.45) is 4.52. The van der Waals surface area contributed by atoms with E-state index < -0.39 is 35.4 Å². The van der Waals surface area contributed by atoms with E-state index in [-0.39, 0.29) is 37.0 Å². The van der Waals surface area contributed by atoms with E-state index in [9.17, 15) is 19.2 Å². The first-order valence-electron chi connectivity index (χ1n) is 22.6. The molecule has 4 amide bonds. The number of carbonyl (C=O) groups is 4. The fraction of sp³-hybridized carbons (Fsp3) is 0.574. The summed E-state index contributed by atoms with van der Waals surface area (Å²) in [6, 6.07) is 8.04. The number of benzene rings is 1. The molecule has 4 aliphatic rings. The van der Waals surface area contributed by atoms with Crippen LogP contribution in [0.3, 0.4) is 0 Å². The molecular formula is C47H63N9O6S. The largest absolute Gasteiger partial charge is 0.464 e. The van der Waals surface area contributed by atoms with Gasteiger partial charge in [0.25, 0.3) is 5.91 Å². The molecule has 6 bridgehead atoms. The maximum Gasteiger partial charge on any atom is 0.324 e. The van der Waals surface area contributed by atoms with Gasteiger partial charge in [0.05, 0.1) is 34.8 Å². The lowest BCUT2D eigenvalue weighted by molar-refractivity contribution is -0.155. The number of fused-ring (bicyclic) bond motifs is 6. The summed E-state index contributed by atoms with van der Waals surface area (Å²) in [6.45, 7) is 16.8. The molecule has 1 aromatic carbocycles. The minimum absolute atomic E-state index is 0.119. The highest BCUT2D eigenvalue weighted by Crippen LogP contribution is 2.42. The zero-order chi connectivity index (χ0) is 44.7. The Morgan fingerprint density at radius 2 is 1.89 bits per heavy atom. The van der Waals surface area contributed by atoms with Crippen molar-refractivity contribution in [2.45, 2.75) is 110 Å². The Kier molecular flexibility index (Phi) is 13.0. The van der Waals surface area contributed by atoms with Crippen LogP contribution in [0.4, 0.5) is 4.79 Å². The molecule has 3 aromatic heterocycles. The third-order valence-electron chi connectivity index (χ3n) is 13.3. The van der Waals surface area contributed by atoms with E-state index in [4.69, 9.17) is 19.4 Å². The van der Waals surface area contributed by atoms with Gasteiger partial charge in [0, 0.05) is 91.8 Å². The van der Waals surface area contributed by atoms with Crippen molar-refractivity contribution in [3.05, 3.63) is 58.2 Å². The molecule has 0 aliphatic carbocycles. The van der Waals surface area contributed by atoms with Gasteiger partial charge < -0.3 is 29.2 Å². The lowest BCUT2D eigenvalue weighted by atomic mass is 9.84. The number of amides is 4. The Hall–Kier alpha value is -4.90. The van der Waals surface area contributed by atoms with Crippen LogP contribution < -0.4 is 10.7 Å². The molecule has 2 N–H and O–H groups in total. The number of likely N-dealkylation sites (tertiary alicyclic amines) is 2. The van der Waals surface area contributed by atoms with Crippen molar-refractivity contribution in [2.24, 2.45) is 11.3 Å². The van der Waals surface area contributed by atoms with E-state index in [1.807, 2.05) is 32.2 Å². The van der Waals surface area contributed by atoms with Crippen LogP contribution in [0.25, 0.3) is 33.4 Å². The highest BCUT2D eigenvalue weighted by atomic mass is 32.1. The van der Waals surface area contributed by atoms with Gasteiger partial charge in [-0.3, -0.25) is 29.3 Å². The Labute approximate surface area is 374 Å². The zero-order valence-electron chi connectivity index (χ0n) is 38.0. The standard InChI is InChI=1S/C47H63N9O6S/c1-9-55-38-16-15-30-21-33(38)34(42(55)32-13-10-17-48-40(32)29(4)61-8)23-47(5,6)27-62-45(59)35-14-11-20-56(51-35)44(58)36(22-39-49-37(30)26-63-39)50-43(57)41(28(2)3)52(7)46(60)54-24-31(25-54)53-18-12-19-53/h10,13,15-17,21,26,28-29,31,35-36,41,51H,9,11-12,14,18-20,22-25,27H2,1-8H3,(H,50,57)/t29-,35-,36-,41-/m0/s1. The van der Waals surface area contributed by atoms with Gasteiger partial charge in [-0.2, -0.15) is 0 Å². The number of pyridine rings is 1. The van der Waals surface area contributed by atoms with E-state index in [2.05, 4.69) is 65.2 Å². The van der Waals surface area contributed by atoms with Crippen LogP contribution >= 0.6 is 11.3 Å². The topological polar surface area (TPSA) is 154 Å². The number of rotatable bonds is 9. The predicted octanol–water partition coefficient (Wildman–Crippen LogP) is 5.67. The van der Waals surface area contributed by atoms with Crippen molar-refractivity contribution in [3.8, 4) is 22.5 Å². The lowest BCUT2D eigenvalue weighted by Crippen LogP contribution is -2.67. The van der Waals surface area contributed by atoms with Gasteiger partial charge in [0.15, 0.2) is 0 Å². The number of thiazole rings is 1. The quantitative estimate of drug-likeness (QED) is 0.201. The number of hydrazine groups is 1. The molecule has 3 saturated heterocycles. The number of hydrogen-bond donors (Lipinski definition) is 2. The summed E-state index contributed by atoms with van der Waals surface area (Å²) in [7, 11) is 3.36. The maximum atomic E-state index is 14.6. The second-order valence-corrected chi connectivity index (χ2v) is 19.7. The Morgan fingerprint density at radius 3 is 2.59 bits per heavy atom. The average molecular weight is 882 g/mol. The maximum absolute atomic E-state index is 14.6. The molecule has 15 nitrogen and oxygen atoms in total. The highest BCUT2D eigenvalue weighted by molar-refractivity contribution is 7.10. The Morgan fingerprint density at radius 1 is 1.11 bits per heavy atom. The smallest absolute Gasteiger partial charge is 0.324 e. The highest BCUT2D eigenvalue weighted by Gasteiger charge is 2.42. The van der Waals surface area contributed by atoms with Crippen molar-refractivity contribution in [2.75, 3.05) is 53.5 Å². The monoisotopic (exact) mass is 881 g/mol. The molecule has 63 heavy (non-hydrogen) atoms. The van der Waals surface area contributed by atoms with E-state index >= 15 is 0 Å². The Bertz CT molecular complexity index is 2350. The van der Waals surface area contributed by atoms with Gasteiger partial charge in [0.2, 0.25) is 5.91 Å². The van der Waals surface area contributed by atoms with E-state index in [0.717, 1.165) is 57.8 Å². The van der Waals surface area contributed by atoms with Crippen molar-refractivity contribution in [1.29, 1.82) is 0 Å². The number of hydrogen-bond acceptors (Lipinski definition) is 11. The van der Waals surface area contributed by atoms with E-state index in [0.29, 0.717) is 56.5 Å². The number of nitrogens with zero attached hydrogens (tertiary/aromatic N) is 7. The number of methoxy groups -OCH3 is 1. The summed E-state index contributed by atoms with van der Waals surface area (Å²) in [5.74, 6) is -1.47. The fourth-order valence-corrected chi connectivity index (χ4v) is 10.5. The molecule has 4 aromatic rings. The molecule has 16 heteroatoms. The van der Waals surface area contributed by atoms with E-state index in [1.54, 1.807) is 25.3 Å². The van der Waals surface area contributed by atoms with E-state index in [1.165, 1.54) is 27.7 Å². The number of cyclic esters (lactones) is 1. The van der Waals surface area contributed by atoms with Gasteiger partial charge in [-0.25, -0.2) is 15.2 Å². The predicted molar refractivity (Wildman–Crippen MR) is 243 cm³/mol. The van der Waals surface area contributed by atoms with Crippen LogP contribution in [0.1, 0.15) is 83.2 Å². The minimum atomic E-state index is -1.03. The normalized spacial score (nSPS) is 21.9. The number of aromatic nitrogens is 3. The van der Waals surface area contributed by atoms with Crippen molar-refractivity contribution in [3.63, 3.8) is 0 Å². The third-order valence-corrected chi connectivity index (χ3v) is 14.2. The number of likely N-dealkylation sites (N-methyl/N-ethyl adjacent to an activating group) is 1. The minimum Gasteiger partial charge on any atom is -0.464 e. The molecule has 4 aliphatic heterocycles. The average Bonchev–Trinajstić information content (AvgIpc) is 3.83. The molecule has 4 atom stereocenters. The number of aryl methyl sites for hydroxylation is 1. The molecule has 7 heterocycles. The fourth-order valence-electron chi connectivity index (χ4n) is 9.64. The molecule has 0 saturated carbocycles. The SMILES string of the molecule is CCn1c(-c2cccnc2[C@H](C)OC)c2c3cc(ccc31)-c1csc(n1)C[C@H](NC(=O)[C@H](C(C)C)N(C)C(=O)N1CC(N3CCC3)C1)C(=O)N1CCC[C@H](N1)C(=O)OCC(C)(C)C2. The molecule has 0 spiro atoms. The number of urea groups is 1. The molecule has 8 rings (SSSR count). The van der Waals surface area contributed by atoms with Crippen LogP contribution in [0.5, 0.6) is 0 Å². The molecular weight excluding hydrogens is 819 g/mol. The first-order valence-corrected chi connectivity index (χ1v) is 23.4. The molecule has 0 radical (unpaired) electrons. The van der Waals surface area contributed by atoms with Crippen LogP contribution in [0.2, 0.25) is 0 Å². The molecule has 0 unspecified atom stereocenters. The van der Waals surface area contributed by atoms with Gasteiger partial charge in [-0.05, 0) is 88.4 Å². The summed E-state index contributed by atoms with van der Waals surface area (Å²) < 4.78 is 14.3. The van der Waals surface area contributed by atoms with Crippen LogP contribution in [0.15, 0.2) is 41.9 Å². The summed E-state index contributed by atoms with van der Waals surface area (Å²) in [5, 5.41) is 8.25. The number of ether oxygens (including phenoxy) is 2. The van der Waals surface area contributed by atoms with Gasteiger partial charge in [0.1, 0.15) is 18.1 Å². The summed E-state index contributed by atoms with van der Waals surface area (Å²) in [5.41, 5.74) is 9.43. The first kappa shape index (κ1) is 44.7. The van der Waals surface area contributed by atoms with Gasteiger partial charge in [-0.15, -0.1) is 11.3 Å². The third kappa shape index (κ3) is 8.96. The molecule has 338 valence electrons. The van der Waals surface area contributed by atoms with Gasteiger partial charge in [-0.1, -0.05) is 33.8 Å². The second kappa shape index (κ2) is 18.3. The van der Waals surface area contributed by atoms with Crippen molar-refractivity contribution >= 4 is 46.1 Å². The number of esters is 1. The zero-order valence-corrected chi connectivity index (χ0v) is 38.8. The Balaban J connectivity index is 1.15. The second-order valence-electron chi connectivity index (χ2n) is 18.8. The van der Waals surface area contributed by atoms with Crippen LogP contribution in [0, 0.1) is 11.3 Å². The number of carbonyl (C=O) groups excluding carboxylic acids is 4. The van der Waals surface area contributed by atoms with Crippen LogP contribution in [-0.2, 0) is 43.2 Å². The van der Waals surface area contributed by atoms with Crippen LogP contribution in [-0.4, -0.2) is 136 Å². The summed E-state index contributed by atoms with van der Waals surface area (Å²) in [4.78, 5) is 72.1. The summed E-state index contributed by atoms with van der Waals surface area (Å²) >= 11 is 1.44. The van der Waals surface area contributed by atoms with Gasteiger partial charge >= 0.3 is 12.0 Å².